The monoisotopic (exact) mass is 736 g/mol. The molecular weight excluding hydrogens is 701 g/mol. The van der Waals surface area contributed by atoms with Crippen molar-refractivity contribution in [3.8, 4) is 5.75 Å². The second-order valence-corrected chi connectivity index (χ2v) is 14.6. The summed E-state index contributed by atoms with van der Waals surface area (Å²) in [4.78, 5) is 51.8. The molecule has 0 saturated carbocycles. The number of hydrogen-bond acceptors (Lipinski definition) is 6. The van der Waals surface area contributed by atoms with Gasteiger partial charge < -0.3 is 4.74 Å². The molecule has 0 bridgehead atoms. The van der Waals surface area contributed by atoms with Crippen molar-refractivity contribution in [3.05, 3.63) is 149 Å². The molecule has 264 valence electrons. The maximum atomic E-state index is 15.3. The summed E-state index contributed by atoms with van der Waals surface area (Å²) in [6.45, 7) is 7.89. The van der Waals surface area contributed by atoms with Gasteiger partial charge in [-0.25, -0.2) is 0 Å². The lowest BCUT2D eigenvalue weighted by Gasteiger charge is -2.52. The Hall–Kier alpha value is -5.71. The number of hydrogen-bond donors (Lipinski definition) is 0. The molecule has 3 atom stereocenters. The first-order valence-corrected chi connectivity index (χ1v) is 18.3. The Morgan fingerprint density at radius 2 is 0.868 bits per heavy atom. The highest BCUT2D eigenvalue weighted by Gasteiger charge is 2.60. The molecule has 3 amide bonds. The Morgan fingerprint density at radius 1 is 0.472 bits per heavy atom. The lowest BCUT2D eigenvalue weighted by molar-refractivity contribution is -0.137. The minimum absolute atomic E-state index is 0.0413. The molecule has 0 aromatic heterocycles. The number of anilines is 4. The van der Waals surface area contributed by atoms with Gasteiger partial charge in [-0.05, 0) is 112 Å². The van der Waals surface area contributed by atoms with E-state index in [-0.39, 0.29) is 16.1 Å². The Morgan fingerprint density at radius 3 is 1.32 bits per heavy atom. The largest absolute Gasteiger partial charge is 0.469 e. The van der Waals surface area contributed by atoms with Gasteiger partial charge in [-0.1, -0.05) is 89.0 Å². The summed E-state index contributed by atoms with van der Waals surface area (Å²) in [5, 5.41) is 0.270. The summed E-state index contributed by atoms with van der Waals surface area (Å²) in [7, 11) is 0. The highest BCUT2D eigenvalue weighted by molar-refractivity contribution is 7.81. The Balaban J connectivity index is 1.35. The van der Waals surface area contributed by atoms with Crippen LogP contribution in [0.25, 0.3) is 0 Å². The smallest absolute Gasteiger partial charge is 0.246 e. The molecule has 0 aliphatic carbocycles. The summed E-state index contributed by atoms with van der Waals surface area (Å²) in [5.74, 6) is -4.32. The fourth-order valence-electron chi connectivity index (χ4n) is 7.51. The summed E-state index contributed by atoms with van der Waals surface area (Å²) in [6.07, 6.45) is -0.977. The molecule has 0 unspecified atom stereocenters. The number of fused-ring (bicyclic) bond motifs is 2. The van der Waals surface area contributed by atoms with E-state index in [1.165, 1.54) is 14.7 Å². The number of carbonyl (C=O) groups excluding carboxylic acids is 3. The zero-order valence-corrected chi connectivity index (χ0v) is 31.2. The number of carbonyl (C=O) groups is 3. The van der Waals surface area contributed by atoms with E-state index in [0.29, 0.717) is 34.1 Å². The van der Waals surface area contributed by atoms with Crippen molar-refractivity contribution in [2.45, 2.75) is 39.8 Å². The molecule has 5 aromatic rings. The topological polar surface area (TPSA) is 73.4 Å². The quantitative estimate of drug-likeness (QED) is 0.133. The number of thiocarbonyl (C=S) groups is 2. The molecular formula is C43H36N4O4S2. The third kappa shape index (κ3) is 5.78. The van der Waals surface area contributed by atoms with E-state index >= 15 is 14.4 Å². The number of rotatable bonds is 5. The Kier molecular flexibility index (Phi) is 8.67. The molecule has 0 N–H and O–H groups in total. The van der Waals surface area contributed by atoms with Gasteiger partial charge in [0.25, 0.3) is 0 Å². The second kappa shape index (κ2) is 13.4. The third-order valence-electron chi connectivity index (χ3n) is 10.3. The first-order valence-electron chi connectivity index (χ1n) is 17.4. The van der Waals surface area contributed by atoms with Crippen LogP contribution in [-0.4, -0.2) is 34.2 Å². The van der Waals surface area contributed by atoms with E-state index in [9.17, 15) is 0 Å². The average molecular weight is 737 g/mol. The number of aryl methyl sites for hydroxylation is 4. The maximum absolute atomic E-state index is 15.3. The second-order valence-electron chi connectivity index (χ2n) is 13.9. The number of benzene rings is 5. The molecule has 2 saturated heterocycles. The predicted octanol–water partition coefficient (Wildman–Crippen LogP) is 8.16. The standard InChI is InChI=1S/C43H36N4O4S2/c1-25-9-17-29(18-10-25)44-38(48)36(39(49)45(42(44)52)30-19-11-26(2)12-20-30)35-33-7-5-6-8-34(33)51-41-37(35)40(50)46(31-21-13-27(3)14-22-31)43(53)47(41)32-23-15-28(4)16-24-32/h5-24,35-37,41H,1-4H3/t35-,37+,41+/m0/s1. The van der Waals surface area contributed by atoms with Crippen molar-refractivity contribution in [2.24, 2.45) is 11.8 Å². The molecule has 5 aromatic carbocycles. The zero-order valence-electron chi connectivity index (χ0n) is 29.6. The zero-order chi connectivity index (χ0) is 37.1. The van der Waals surface area contributed by atoms with Crippen LogP contribution in [0.5, 0.6) is 5.75 Å². The van der Waals surface area contributed by atoms with Crippen LogP contribution < -0.4 is 24.3 Å². The van der Waals surface area contributed by atoms with Gasteiger partial charge in [0.1, 0.15) is 17.6 Å². The van der Waals surface area contributed by atoms with Gasteiger partial charge in [0.05, 0.1) is 17.1 Å². The molecule has 10 heteroatoms. The molecule has 53 heavy (non-hydrogen) atoms. The van der Waals surface area contributed by atoms with Gasteiger partial charge in [0.2, 0.25) is 17.7 Å². The van der Waals surface area contributed by atoms with E-state index in [1.54, 1.807) is 0 Å². The molecule has 8 nitrogen and oxygen atoms in total. The number of para-hydroxylation sites is 1. The van der Waals surface area contributed by atoms with Crippen LogP contribution in [0.3, 0.4) is 0 Å². The normalized spacial score (nSPS) is 20.4. The van der Waals surface area contributed by atoms with Crippen molar-refractivity contribution in [1.29, 1.82) is 0 Å². The molecule has 0 spiro atoms. The van der Waals surface area contributed by atoms with Gasteiger partial charge >= 0.3 is 0 Å². The summed E-state index contributed by atoms with van der Waals surface area (Å²) >= 11 is 12.1. The van der Waals surface area contributed by atoms with Gasteiger partial charge in [0, 0.05) is 11.6 Å². The van der Waals surface area contributed by atoms with Crippen molar-refractivity contribution in [3.63, 3.8) is 0 Å². The number of amides is 3. The predicted molar refractivity (Wildman–Crippen MR) is 215 cm³/mol. The minimum Gasteiger partial charge on any atom is -0.469 e. The van der Waals surface area contributed by atoms with Crippen LogP contribution in [0.2, 0.25) is 0 Å². The number of ether oxygens (including phenoxy) is 1. The lowest BCUT2D eigenvalue weighted by Crippen LogP contribution is -2.69. The third-order valence-corrected chi connectivity index (χ3v) is 11.0. The first-order chi connectivity index (χ1) is 25.5. The summed E-state index contributed by atoms with van der Waals surface area (Å²) in [5.41, 5.74) is 6.99. The van der Waals surface area contributed by atoms with E-state index in [4.69, 9.17) is 29.2 Å². The van der Waals surface area contributed by atoms with Crippen LogP contribution in [0.1, 0.15) is 33.7 Å². The van der Waals surface area contributed by atoms with Crippen molar-refractivity contribution < 1.29 is 19.1 Å². The maximum Gasteiger partial charge on any atom is 0.246 e. The molecule has 3 heterocycles. The fraction of sp³-hybridized carbons (Fsp3) is 0.186. The summed E-state index contributed by atoms with van der Waals surface area (Å²) in [6, 6.07) is 37.6. The van der Waals surface area contributed by atoms with E-state index in [0.717, 1.165) is 22.3 Å². The van der Waals surface area contributed by atoms with E-state index in [1.807, 2.05) is 154 Å². The number of nitrogens with zero attached hydrogens (tertiary/aromatic N) is 4. The Bertz CT molecular complexity index is 2220. The van der Waals surface area contributed by atoms with Crippen LogP contribution in [0.4, 0.5) is 22.7 Å². The van der Waals surface area contributed by atoms with Gasteiger partial charge in [0.15, 0.2) is 16.5 Å². The van der Waals surface area contributed by atoms with Crippen LogP contribution in [-0.2, 0) is 14.4 Å². The van der Waals surface area contributed by atoms with Gasteiger partial charge in [-0.2, -0.15) is 0 Å². The van der Waals surface area contributed by atoms with E-state index in [2.05, 4.69) is 0 Å². The van der Waals surface area contributed by atoms with Crippen molar-refractivity contribution in [1.82, 2.24) is 0 Å². The molecule has 8 rings (SSSR count). The molecule has 3 aliphatic rings. The molecule has 3 aliphatic heterocycles. The van der Waals surface area contributed by atoms with Gasteiger partial charge in [-0.15, -0.1) is 0 Å². The highest BCUT2D eigenvalue weighted by Crippen LogP contribution is 2.51. The minimum atomic E-state index is -1.36. The Labute approximate surface area is 319 Å². The fourth-order valence-corrected chi connectivity index (χ4v) is 8.31. The average Bonchev–Trinajstić information content (AvgIpc) is 3.14. The SMILES string of the molecule is Cc1ccc(N2C(=O)C([C@@H]3c4ccccc4O[C@@H]4[C@H]3C(=O)N(c3ccc(C)cc3)C(=S)N4c3ccc(C)cc3)C(=O)N(c3ccc(C)cc3)C2=S)cc1. The van der Waals surface area contributed by atoms with Crippen LogP contribution >= 0.6 is 24.4 Å². The van der Waals surface area contributed by atoms with Crippen LogP contribution in [0, 0.1) is 39.5 Å². The highest BCUT2D eigenvalue weighted by atomic mass is 32.1. The van der Waals surface area contributed by atoms with Crippen molar-refractivity contribution >= 4 is 75.1 Å². The van der Waals surface area contributed by atoms with Crippen molar-refractivity contribution in [2.75, 3.05) is 19.6 Å². The molecule has 0 radical (unpaired) electrons. The lowest BCUT2D eigenvalue weighted by atomic mass is 9.70. The first kappa shape index (κ1) is 34.4. The van der Waals surface area contributed by atoms with Gasteiger partial charge in [-0.3, -0.25) is 34.0 Å². The molecule has 2 fully saturated rings. The van der Waals surface area contributed by atoms with Crippen LogP contribution in [0.15, 0.2) is 121 Å². The van der Waals surface area contributed by atoms with E-state index < -0.39 is 35.8 Å². The summed E-state index contributed by atoms with van der Waals surface area (Å²) < 4.78 is 6.75.